The summed E-state index contributed by atoms with van der Waals surface area (Å²) in [6.45, 7) is 0. The van der Waals surface area contributed by atoms with Crippen molar-refractivity contribution in [3.63, 3.8) is 0 Å². The Labute approximate surface area is 109 Å². The maximum atomic E-state index is 8.75. The summed E-state index contributed by atoms with van der Waals surface area (Å²) in [7, 11) is 0. The van der Waals surface area contributed by atoms with Crippen LogP contribution in [0, 0.1) is 11.3 Å². The van der Waals surface area contributed by atoms with Gasteiger partial charge in [-0.05, 0) is 36.4 Å². The predicted molar refractivity (Wildman–Crippen MR) is 70.8 cm³/mol. The summed E-state index contributed by atoms with van der Waals surface area (Å²) in [4.78, 5) is 8.32. The third-order valence-electron chi connectivity index (χ3n) is 2.70. The Morgan fingerprint density at radius 2 is 1.74 bits per heavy atom. The van der Waals surface area contributed by atoms with Crippen LogP contribution in [0.15, 0.2) is 54.9 Å². The molecule has 0 fully saturated rings. The van der Waals surface area contributed by atoms with Crippen molar-refractivity contribution in [2.24, 2.45) is 0 Å². The van der Waals surface area contributed by atoms with Crippen molar-refractivity contribution in [3.8, 4) is 17.7 Å². The van der Waals surface area contributed by atoms with Crippen molar-refractivity contribution in [2.75, 3.05) is 0 Å². The van der Waals surface area contributed by atoms with Crippen LogP contribution in [0.5, 0.6) is 11.6 Å². The Balaban J connectivity index is 1.99. The summed E-state index contributed by atoms with van der Waals surface area (Å²) >= 11 is 0. The van der Waals surface area contributed by atoms with Gasteiger partial charge in [0.05, 0.1) is 22.5 Å². The molecule has 90 valence electrons. The molecule has 0 saturated heterocycles. The number of hydrogen-bond donors (Lipinski definition) is 0. The van der Waals surface area contributed by atoms with Crippen LogP contribution in [0.25, 0.3) is 10.9 Å². The molecule has 0 radical (unpaired) electrons. The fraction of sp³-hybridized carbons (Fsp3) is 0. The monoisotopic (exact) mass is 247 g/mol. The third kappa shape index (κ3) is 2.22. The lowest BCUT2D eigenvalue weighted by molar-refractivity contribution is 0.468. The Morgan fingerprint density at radius 1 is 0.947 bits per heavy atom. The predicted octanol–water partition coefficient (Wildman–Crippen LogP) is 3.29. The number of para-hydroxylation sites is 1. The molecular formula is C15H9N3O. The summed E-state index contributed by atoms with van der Waals surface area (Å²) in [5, 5.41) is 9.60. The van der Waals surface area contributed by atoms with Crippen LogP contribution >= 0.6 is 0 Å². The van der Waals surface area contributed by atoms with Gasteiger partial charge in [-0.2, -0.15) is 5.26 Å². The highest BCUT2D eigenvalue weighted by Crippen LogP contribution is 2.26. The number of nitrogens with zero attached hydrogens (tertiary/aromatic N) is 3. The second-order valence-corrected chi connectivity index (χ2v) is 3.93. The maximum absolute atomic E-state index is 8.75. The Morgan fingerprint density at radius 3 is 2.53 bits per heavy atom. The van der Waals surface area contributed by atoms with E-state index in [1.165, 1.54) is 6.33 Å². The van der Waals surface area contributed by atoms with E-state index in [0.717, 1.165) is 10.9 Å². The standard InChI is InChI=1S/C15H9N3O/c16-9-11-5-7-12(8-6-11)19-15-13-3-1-2-4-14(13)17-10-18-15/h1-8,10H. The van der Waals surface area contributed by atoms with E-state index in [2.05, 4.69) is 16.0 Å². The van der Waals surface area contributed by atoms with Gasteiger partial charge in [0.25, 0.3) is 0 Å². The summed E-state index contributed by atoms with van der Waals surface area (Å²) in [6, 6.07) is 16.6. The second kappa shape index (κ2) is 4.75. The van der Waals surface area contributed by atoms with Crippen LogP contribution in [0.1, 0.15) is 5.56 Å². The molecular weight excluding hydrogens is 238 g/mol. The van der Waals surface area contributed by atoms with Gasteiger partial charge in [0.2, 0.25) is 5.88 Å². The average molecular weight is 247 g/mol. The lowest BCUT2D eigenvalue weighted by atomic mass is 10.2. The van der Waals surface area contributed by atoms with E-state index in [-0.39, 0.29) is 0 Å². The van der Waals surface area contributed by atoms with Gasteiger partial charge in [-0.3, -0.25) is 0 Å². The minimum Gasteiger partial charge on any atom is -0.438 e. The highest BCUT2D eigenvalue weighted by atomic mass is 16.5. The third-order valence-corrected chi connectivity index (χ3v) is 2.70. The molecule has 0 amide bonds. The van der Waals surface area contributed by atoms with E-state index < -0.39 is 0 Å². The van der Waals surface area contributed by atoms with Crippen LogP contribution < -0.4 is 4.74 Å². The van der Waals surface area contributed by atoms with Crippen LogP contribution in [-0.2, 0) is 0 Å². The average Bonchev–Trinajstić information content (AvgIpc) is 2.48. The van der Waals surface area contributed by atoms with Crippen molar-refractivity contribution in [2.45, 2.75) is 0 Å². The van der Waals surface area contributed by atoms with Crippen LogP contribution in [0.4, 0.5) is 0 Å². The highest BCUT2D eigenvalue weighted by molar-refractivity contribution is 5.83. The number of nitriles is 1. The van der Waals surface area contributed by atoms with Gasteiger partial charge in [-0.25, -0.2) is 9.97 Å². The fourth-order valence-corrected chi connectivity index (χ4v) is 1.77. The first-order valence-electron chi connectivity index (χ1n) is 5.74. The minimum absolute atomic E-state index is 0.510. The summed E-state index contributed by atoms with van der Waals surface area (Å²) in [5.41, 5.74) is 1.43. The number of rotatable bonds is 2. The van der Waals surface area contributed by atoms with E-state index in [1.807, 2.05) is 24.3 Å². The summed E-state index contributed by atoms with van der Waals surface area (Å²) in [5.74, 6) is 1.15. The van der Waals surface area contributed by atoms with Gasteiger partial charge in [-0.1, -0.05) is 12.1 Å². The molecule has 3 aromatic rings. The van der Waals surface area contributed by atoms with Crippen molar-refractivity contribution in [1.82, 2.24) is 9.97 Å². The lowest BCUT2D eigenvalue weighted by Gasteiger charge is -2.06. The summed E-state index contributed by atoms with van der Waals surface area (Å²) < 4.78 is 5.73. The number of aromatic nitrogens is 2. The number of ether oxygens (including phenoxy) is 1. The zero-order chi connectivity index (χ0) is 13.1. The quantitative estimate of drug-likeness (QED) is 0.697. The molecule has 0 atom stereocenters. The molecule has 19 heavy (non-hydrogen) atoms. The van der Waals surface area contributed by atoms with E-state index in [9.17, 15) is 0 Å². The van der Waals surface area contributed by atoms with Gasteiger partial charge in [-0.15, -0.1) is 0 Å². The number of fused-ring (bicyclic) bond motifs is 1. The topological polar surface area (TPSA) is 58.8 Å². The Bertz CT molecular complexity index is 755. The molecule has 0 aliphatic rings. The van der Waals surface area contributed by atoms with E-state index in [1.54, 1.807) is 24.3 Å². The maximum Gasteiger partial charge on any atom is 0.230 e. The van der Waals surface area contributed by atoms with Gasteiger partial charge in [0.1, 0.15) is 12.1 Å². The molecule has 1 aromatic heterocycles. The molecule has 0 saturated carbocycles. The molecule has 0 bridgehead atoms. The first-order chi connectivity index (χ1) is 9.36. The molecule has 1 heterocycles. The van der Waals surface area contributed by atoms with Gasteiger partial charge in [0.15, 0.2) is 0 Å². The molecule has 0 N–H and O–H groups in total. The number of benzene rings is 2. The van der Waals surface area contributed by atoms with E-state index in [4.69, 9.17) is 10.00 Å². The lowest BCUT2D eigenvalue weighted by Crippen LogP contribution is -1.91. The molecule has 2 aromatic carbocycles. The number of hydrogen-bond acceptors (Lipinski definition) is 4. The van der Waals surface area contributed by atoms with Crippen molar-refractivity contribution < 1.29 is 4.74 Å². The fourth-order valence-electron chi connectivity index (χ4n) is 1.77. The molecule has 0 unspecified atom stereocenters. The molecule has 3 rings (SSSR count). The minimum atomic E-state index is 0.510. The Kier molecular flexibility index (Phi) is 2.79. The second-order valence-electron chi connectivity index (χ2n) is 3.93. The van der Waals surface area contributed by atoms with Gasteiger partial charge >= 0.3 is 0 Å². The smallest absolute Gasteiger partial charge is 0.230 e. The molecule has 0 aliphatic heterocycles. The zero-order valence-corrected chi connectivity index (χ0v) is 9.95. The van der Waals surface area contributed by atoms with Crippen molar-refractivity contribution >= 4 is 10.9 Å². The van der Waals surface area contributed by atoms with Crippen LogP contribution in [0.3, 0.4) is 0 Å². The Hall–Kier alpha value is -2.93. The first-order valence-corrected chi connectivity index (χ1v) is 5.74. The molecule has 4 nitrogen and oxygen atoms in total. The van der Waals surface area contributed by atoms with Crippen LogP contribution in [-0.4, -0.2) is 9.97 Å². The normalized spacial score (nSPS) is 10.1. The molecule has 4 heteroatoms. The van der Waals surface area contributed by atoms with Gasteiger partial charge < -0.3 is 4.74 Å². The van der Waals surface area contributed by atoms with Crippen molar-refractivity contribution in [3.05, 3.63) is 60.4 Å². The van der Waals surface area contributed by atoms with E-state index in [0.29, 0.717) is 17.2 Å². The van der Waals surface area contributed by atoms with Crippen LogP contribution in [0.2, 0.25) is 0 Å². The summed E-state index contributed by atoms with van der Waals surface area (Å²) in [6.07, 6.45) is 1.47. The largest absolute Gasteiger partial charge is 0.438 e. The van der Waals surface area contributed by atoms with Crippen molar-refractivity contribution in [1.29, 1.82) is 5.26 Å². The van der Waals surface area contributed by atoms with E-state index >= 15 is 0 Å². The zero-order valence-electron chi connectivity index (χ0n) is 9.95. The molecule has 0 aliphatic carbocycles. The molecule has 0 spiro atoms. The highest BCUT2D eigenvalue weighted by Gasteiger charge is 2.05. The van der Waals surface area contributed by atoms with Gasteiger partial charge in [0, 0.05) is 0 Å². The SMILES string of the molecule is N#Cc1ccc(Oc2ncnc3ccccc23)cc1. The first kappa shape index (κ1) is 11.2.